The van der Waals surface area contributed by atoms with Crippen molar-refractivity contribution in [1.29, 1.82) is 5.41 Å². The van der Waals surface area contributed by atoms with Gasteiger partial charge in [0.25, 0.3) is 0 Å². The zero-order chi connectivity index (χ0) is 31.4. The fourth-order valence-electron chi connectivity index (χ4n) is 5.47. The van der Waals surface area contributed by atoms with Crippen LogP contribution in [0.15, 0.2) is 66.7 Å². The summed E-state index contributed by atoms with van der Waals surface area (Å²) in [5, 5.41) is 10.7. The summed E-state index contributed by atoms with van der Waals surface area (Å²) in [4.78, 5) is 21.7. The van der Waals surface area contributed by atoms with Crippen LogP contribution in [0, 0.1) is 5.41 Å². The Bertz CT molecular complexity index is 1630. The number of para-hydroxylation sites is 2. The number of aryl methyl sites for hydroxylation is 3. The maximum atomic E-state index is 13.2. The third-order valence-corrected chi connectivity index (χ3v) is 8.04. The van der Waals surface area contributed by atoms with Crippen LogP contribution in [0.2, 0.25) is 0 Å². The zero-order valence-electron chi connectivity index (χ0n) is 24.7. The number of amidine groups is 1. The summed E-state index contributed by atoms with van der Waals surface area (Å²) in [6.07, 6.45) is -1.87. The molecule has 0 saturated carbocycles. The minimum Gasteiger partial charge on any atom is -0.404 e. The van der Waals surface area contributed by atoms with Crippen molar-refractivity contribution in [3.05, 3.63) is 83.7 Å². The number of nitrogen functional groups attached to an aromatic ring is 1. The number of aromatic nitrogens is 2. The number of hydrogen-bond acceptors (Lipinski definition) is 6. The summed E-state index contributed by atoms with van der Waals surface area (Å²) >= 11 is 0. The van der Waals surface area contributed by atoms with E-state index in [1.54, 1.807) is 24.1 Å². The lowest BCUT2D eigenvalue weighted by Gasteiger charge is -2.33. The number of anilines is 2. The van der Waals surface area contributed by atoms with Gasteiger partial charge in [-0.3, -0.25) is 15.1 Å². The molecule has 1 amide bonds. The average Bonchev–Trinajstić information content (AvgIpc) is 3.31. The minimum absolute atomic E-state index is 0.0299. The summed E-state index contributed by atoms with van der Waals surface area (Å²) in [6.45, 7) is 1.52. The Hall–Kier alpha value is -4.58. The molecule has 0 spiro atoms. The molecule has 232 valence electrons. The molecule has 2 heterocycles. The van der Waals surface area contributed by atoms with E-state index in [1.165, 1.54) is 12.1 Å². The molecule has 0 atom stereocenters. The molecule has 1 aromatic heterocycles. The zero-order valence-corrected chi connectivity index (χ0v) is 24.7. The first kappa shape index (κ1) is 30.9. The van der Waals surface area contributed by atoms with E-state index in [9.17, 15) is 18.0 Å². The summed E-state index contributed by atoms with van der Waals surface area (Å²) in [7, 11) is 3.74. The number of fused-ring (bicyclic) bond motifs is 1. The van der Waals surface area contributed by atoms with Crippen LogP contribution in [0.1, 0.15) is 29.8 Å². The molecule has 3 aromatic carbocycles. The van der Waals surface area contributed by atoms with E-state index in [4.69, 9.17) is 16.1 Å². The molecule has 0 unspecified atom stereocenters. The van der Waals surface area contributed by atoms with Crippen molar-refractivity contribution in [2.24, 2.45) is 12.8 Å². The van der Waals surface area contributed by atoms with Gasteiger partial charge in [-0.2, -0.15) is 0 Å². The molecule has 0 aliphatic carbocycles. The molecule has 1 aliphatic heterocycles. The third kappa shape index (κ3) is 7.49. The number of benzene rings is 3. The van der Waals surface area contributed by atoms with Gasteiger partial charge >= 0.3 is 6.36 Å². The van der Waals surface area contributed by atoms with Gasteiger partial charge in [-0.25, -0.2) is 4.98 Å². The number of nitrogens with two attached hydrogens (primary N) is 1. The number of nitrogens with one attached hydrogen (secondary N) is 2. The Kier molecular flexibility index (Phi) is 9.09. The van der Waals surface area contributed by atoms with E-state index in [0.29, 0.717) is 37.2 Å². The summed E-state index contributed by atoms with van der Waals surface area (Å²) in [6, 6.07) is 19.5. The Balaban J connectivity index is 1.15. The standard InChI is InChI=1S/C32H36F3N7O2/c1-40(30(43)20-42-17-15-23(16-18-42)38-25-5-3-4-6-28(25)44-32(33,34)35)24-12-13-27-26(19-24)39-29(41(27)2)14-9-21-7-10-22(11-8-21)31(36)37/h3-8,10-13,19,23,38H,9,14-18,20H2,1-2H3,(H3,36,37). The SMILES string of the molecule is CN(C(=O)CN1CCC(Nc2ccccc2OC(F)(F)F)CC1)c1ccc2c(c1)nc(CCc1ccc(C(=N)N)cc1)n2C. The number of halogens is 3. The van der Waals surface area contributed by atoms with E-state index < -0.39 is 6.36 Å². The second-order valence-electron chi connectivity index (χ2n) is 11.1. The number of amides is 1. The van der Waals surface area contributed by atoms with Gasteiger partial charge in [-0.1, -0.05) is 36.4 Å². The molecule has 4 N–H and O–H groups in total. The first-order valence-corrected chi connectivity index (χ1v) is 14.5. The first-order valence-electron chi connectivity index (χ1n) is 14.5. The molecular weight excluding hydrogens is 571 g/mol. The molecular formula is C32H36F3N7O2. The van der Waals surface area contributed by atoms with Gasteiger partial charge in [0.1, 0.15) is 11.7 Å². The van der Waals surface area contributed by atoms with E-state index in [0.717, 1.165) is 41.0 Å². The van der Waals surface area contributed by atoms with Crippen LogP contribution in [0.25, 0.3) is 11.0 Å². The quantitative estimate of drug-likeness (QED) is 0.171. The maximum absolute atomic E-state index is 13.2. The number of carbonyl (C=O) groups is 1. The number of carbonyl (C=O) groups excluding carboxylic acids is 1. The summed E-state index contributed by atoms with van der Waals surface area (Å²) < 4.78 is 44.5. The lowest BCUT2D eigenvalue weighted by molar-refractivity contribution is -0.274. The highest BCUT2D eigenvalue weighted by Crippen LogP contribution is 2.31. The van der Waals surface area contributed by atoms with Crippen LogP contribution in [0.4, 0.5) is 24.5 Å². The minimum atomic E-state index is -4.76. The van der Waals surface area contributed by atoms with Gasteiger partial charge in [-0.15, -0.1) is 13.2 Å². The van der Waals surface area contributed by atoms with Crippen molar-refractivity contribution in [3.8, 4) is 5.75 Å². The predicted molar refractivity (Wildman–Crippen MR) is 165 cm³/mol. The van der Waals surface area contributed by atoms with Gasteiger partial charge in [-0.05, 0) is 55.2 Å². The number of likely N-dealkylation sites (N-methyl/N-ethyl adjacent to an activating group) is 1. The van der Waals surface area contributed by atoms with Crippen molar-refractivity contribution in [1.82, 2.24) is 14.5 Å². The summed E-state index contributed by atoms with van der Waals surface area (Å²) in [5.74, 6) is 0.680. The van der Waals surface area contributed by atoms with E-state index in [1.807, 2.05) is 49.5 Å². The van der Waals surface area contributed by atoms with Gasteiger partial charge in [0.15, 0.2) is 5.75 Å². The fraction of sp³-hybridized carbons (Fsp3) is 0.344. The Morgan fingerprint density at radius 2 is 1.80 bits per heavy atom. The predicted octanol–water partition coefficient (Wildman–Crippen LogP) is 5.08. The lowest BCUT2D eigenvalue weighted by Crippen LogP contribution is -2.44. The molecule has 12 heteroatoms. The molecule has 1 fully saturated rings. The maximum Gasteiger partial charge on any atom is 0.573 e. The Morgan fingerprint density at radius 1 is 1.09 bits per heavy atom. The van der Waals surface area contributed by atoms with Gasteiger partial charge in [0, 0.05) is 50.9 Å². The number of rotatable bonds is 10. The van der Waals surface area contributed by atoms with Gasteiger partial charge in [0.05, 0.1) is 23.3 Å². The molecule has 9 nitrogen and oxygen atoms in total. The number of hydrogen-bond donors (Lipinski definition) is 3. The highest BCUT2D eigenvalue weighted by molar-refractivity contribution is 5.96. The first-order chi connectivity index (χ1) is 21.0. The van der Waals surface area contributed by atoms with Crippen LogP contribution in [-0.4, -0.2) is 65.3 Å². The molecule has 0 radical (unpaired) electrons. The number of likely N-dealkylation sites (tertiary alicyclic amines) is 1. The number of imidazole rings is 1. The number of alkyl halides is 3. The fourth-order valence-corrected chi connectivity index (χ4v) is 5.47. The monoisotopic (exact) mass is 607 g/mol. The molecule has 44 heavy (non-hydrogen) atoms. The molecule has 5 rings (SSSR count). The van der Waals surface area contributed by atoms with Gasteiger partial charge < -0.3 is 25.3 Å². The van der Waals surface area contributed by atoms with E-state index in [-0.39, 0.29) is 30.1 Å². The molecule has 1 saturated heterocycles. The largest absolute Gasteiger partial charge is 0.573 e. The highest BCUT2D eigenvalue weighted by atomic mass is 19.4. The van der Waals surface area contributed by atoms with E-state index in [2.05, 4.69) is 19.5 Å². The van der Waals surface area contributed by atoms with Crippen LogP contribution in [-0.2, 0) is 24.7 Å². The second-order valence-corrected chi connectivity index (χ2v) is 11.1. The highest BCUT2D eigenvalue weighted by Gasteiger charge is 2.32. The van der Waals surface area contributed by atoms with Crippen LogP contribution in [0.3, 0.4) is 0 Å². The van der Waals surface area contributed by atoms with Crippen molar-refractivity contribution < 1.29 is 22.7 Å². The number of ether oxygens (including phenoxy) is 1. The van der Waals surface area contributed by atoms with Crippen molar-refractivity contribution in [2.45, 2.75) is 38.1 Å². The van der Waals surface area contributed by atoms with Crippen molar-refractivity contribution in [2.75, 3.05) is 36.9 Å². The van der Waals surface area contributed by atoms with E-state index >= 15 is 0 Å². The smallest absolute Gasteiger partial charge is 0.404 e. The van der Waals surface area contributed by atoms with Gasteiger partial charge in [0.2, 0.25) is 5.91 Å². The number of nitrogens with zero attached hydrogens (tertiary/aromatic N) is 4. The van der Waals surface area contributed by atoms with Crippen LogP contribution >= 0.6 is 0 Å². The molecule has 0 bridgehead atoms. The summed E-state index contributed by atoms with van der Waals surface area (Å²) in [5.41, 5.74) is 10.2. The van der Waals surface area contributed by atoms with Crippen molar-refractivity contribution in [3.63, 3.8) is 0 Å². The third-order valence-electron chi connectivity index (χ3n) is 8.04. The lowest BCUT2D eigenvalue weighted by atomic mass is 10.0. The number of piperidine rings is 1. The Morgan fingerprint density at radius 3 is 2.48 bits per heavy atom. The van der Waals surface area contributed by atoms with Crippen LogP contribution in [0.5, 0.6) is 5.75 Å². The average molecular weight is 608 g/mol. The molecule has 4 aromatic rings. The van der Waals surface area contributed by atoms with Crippen molar-refractivity contribution >= 4 is 34.2 Å². The second kappa shape index (κ2) is 13.0. The normalized spacial score (nSPS) is 14.5. The molecule has 1 aliphatic rings. The Labute approximate surface area is 253 Å². The topological polar surface area (TPSA) is 112 Å². The van der Waals surface area contributed by atoms with Crippen LogP contribution < -0.4 is 20.7 Å².